The smallest absolute Gasteiger partial charge is 0.0753 e. The lowest BCUT2D eigenvalue weighted by Gasteiger charge is -2.39. The van der Waals surface area contributed by atoms with Crippen molar-refractivity contribution in [2.75, 3.05) is 40.3 Å². The lowest BCUT2D eigenvalue weighted by Crippen LogP contribution is -2.51. The first kappa shape index (κ1) is 14.4. The molecule has 0 spiro atoms. The van der Waals surface area contributed by atoms with Gasteiger partial charge in [-0.15, -0.1) is 5.10 Å². The van der Waals surface area contributed by atoms with Crippen molar-refractivity contribution in [1.29, 1.82) is 0 Å². The molecule has 0 bridgehead atoms. The third-order valence-electron chi connectivity index (χ3n) is 4.04. The van der Waals surface area contributed by atoms with Gasteiger partial charge in [0, 0.05) is 32.7 Å². The van der Waals surface area contributed by atoms with E-state index in [9.17, 15) is 0 Å². The maximum absolute atomic E-state index is 4.05. The molecule has 0 aliphatic carbocycles. The maximum atomic E-state index is 4.05. The molecule has 108 valence electrons. The van der Waals surface area contributed by atoms with Crippen LogP contribution in [0.5, 0.6) is 0 Å². The van der Waals surface area contributed by atoms with Gasteiger partial charge in [-0.3, -0.25) is 4.68 Å². The van der Waals surface area contributed by atoms with Gasteiger partial charge in [0.25, 0.3) is 0 Å². The van der Waals surface area contributed by atoms with Crippen LogP contribution in [-0.4, -0.2) is 71.1 Å². The summed E-state index contributed by atoms with van der Waals surface area (Å²) in [7, 11) is 6.39. The molecular formula is C13H26N6. The van der Waals surface area contributed by atoms with Crippen molar-refractivity contribution in [2.24, 2.45) is 7.05 Å². The van der Waals surface area contributed by atoms with E-state index in [1.165, 1.54) is 5.69 Å². The molecule has 1 aliphatic heterocycles. The quantitative estimate of drug-likeness (QED) is 0.819. The van der Waals surface area contributed by atoms with E-state index in [0.29, 0.717) is 12.1 Å². The summed E-state index contributed by atoms with van der Waals surface area (Å²) in [5.41, 5.74) is 1.17. The van der Waals surface area contributed by atoms with Gasteiger partial charge in [-0.2, -0.15) is 0 Å². The molecule has 0 radical (unpaired) electrons. The summed E-state index contributed by atoms with van der Waals surface area (Å²) < 4.78 is 1.87. The Morgan fingerprint density at radius 1 is 1.37 bits per heavy atom. The minimum Gasteiger partial charge on any atom is -0.309 e. The third-order valence-corrected chi connectivity index (χ3v) is 4.04. The van der Waals surface area contributed by atoms with Crippen molar-refractivity contribution >= 4 is 0 Å². The highest BCUT2D eigenvalue weighted by molar-refractivity contribution is 5.03. The molecule has 1 N–H and O–H groups in total. The van der Waals surface area contributed by atoms with Crippen molar-refractivity contribution < 1.29 is 0 Å². The number of aromatic nitrogens is 3. The molecule has 0 amide bonds. The topological polar surface area (TPSA) is 49.2 Å². The minimum absolute atomic E-state index is 0.323. The van der Waals surface area contributed by atoms with Crippen molar-refractivity contribution in [3.8, 4) is 0 Å². The van der Waals surface area contributed by atoms with Crippen LogP contribution < -0.4 is 5.32 Å². The summed E-state index contributed by atoms with van der Waals surface area (Å²) in [6.07, 6.45) is 2.97. The Kier molecular flexibility index (Phi) is 4.90. The Balaban J connectivity index is 2.06. The van der Waals surface area contributed by atoms with Gasteiger partial charge in [-0.25, -0.2) is 0 Å². The molecule has 0 saturated carbocycles. The summed E-state index contributed by atoms with van der Waals surface area (Å²) in [4.78, 5) is 4.88. The van der Waals surface area contributed by atoms with Gasteiger partial charge in [0.05, 0.1) is 17.9 Å². The van der Waals surface area contributed by atoms with Crippen LogP contribution in [0.2, 0.25) is 0 Å². The first-order valence-corrected chi connectivity index (χ1v) is 7.08. The van der Waals surface area contributed by atoms with E-state index < -0.39 is 0 Å². The molecule has 6 heteroatoms. The molecule has 19 heavy (non-hydrogen) atoms. The zero-order valence-electron chi connectivity index (χ0n) is 12.5. The highest BCUT2D eigenvalue weighted by atomic mass is 15.4. The molecule has 1 saturated heterocycles. The highest BCUT2D eigenvalue weighted by Gasteiger charge is 2.26. The average Bonchev–Trinajstić information content (AvgIpc) is 2.79. The van der Waals surface area contributed by atoms with Crippen LogP contribution in [0.25, 0.3) is 0 Å². The van der Waals surface area contributed by atoms with Gasteiger partial charge in [-0.1, -0.05) is 12.1 Å². The van der Waals surface area contributed by atoms with Gasteiger partial charge in [0.15, 0.2) is 0 Å². The van der Waals surface area contributed by atoms with E-state index in [4.69, 9.17) is 0 Å². The monoisotopic (exact) mass is 266 g/mol. The Bertz CT molecular complexity index is 390. The van der Waals surface area contributed by atoms with E-state index in [0.717, 1.165) is 32.6 Å². The van der Waals surface area contributed by atoms with Crippen molar-refractivity contribution in [3.63, 3.8) is 0 Å². The number of nitrogens with zero attached hydrogens (tertiary/aromatic N) is 5. The van der Waals surface area contributed by atoms with E-state index in [2.05, 4.69) is 46.4 Å². The minimum atomic E-state index is 0.323. The summed E-state index contributed by atoms with van der Waals surface area (Å²) >= 11 is 0. The number of nitrogens with one attached hydrogen (secondary N) is 1. The summed E-state index contributed by atoms with van der Waals surface area (Å²) in [6.45, 7) is 6.54. The standard InChI is InChI=1S/C13H26N6/c1-5-14-12(13-9-15-16-19(13)4)8-11-10-17(2)6-7-18(11)3/h9,11-12,14H,5-8,10H2,1-4H3. The Morgan fingerprint density at radius 3 is 2.79 bits per heavy atom. The van der Waals surface area contributed by atoms with Gasteiger partial charge in [-0.05, 0) is 27.1 Å². The van der Waals surface area contributed by atoms with Crippen LogP contribution in [0.4, 0.5) is 0 Å². The second-order valence-electron chi connectivity index (χ2n) is 5.53. The van der Waals surface area contributed by atoms with Crippen LogP contribution in [0.3, 0.4) is 0 Å². The summed E-state index contributed by atoms with van der Waals surface area (Å²) in [5.74, 6) is 0. The van der Waals surface area contributed by atoms with Gasteiger partial charge in [0.2, 0.25) is 0 Å². The Morgan fingerprint density at radius 2 is 2.16 bits per heavy atom. The highest BCUT2D eigenvalue weighted by Crippen LogP contribution is 2.21. The number of hydrogen-bond acceptors (Lipinski definition) is 5. The van der Waals surface area contributed by atoms with Crippen LogP contribution in [0, 0.1) is 0 Å². The third kappa shape index (κ3) is 3.52. The Labute approximate surface area is 115 Å². The fourth-order valence-corrected chi connectivity index (χ4v) is 2.80. The van der Waals surface area contributed by atoms with Crippen LogP contribution in [-0.2, 0) is 7.05 Å². The summed E-state index contributed by atoms with van der Waals surface area (Å²) in [5, 5.41) is 11.6. The molecule has 2 rings (SSSR count). The number of hydrogen-bond donors (Lipinski definition) is 1. The fourth-order valence-electron chi connectivity index (χ4n) is 2.80. The lowest BCUT2D eigenvalue weighted by atomic mass is 10.0. The van der Waals surface area contributed by atoms with Crippen LogP contribution in [0.15, 0.2) is 6.20 Å². The molecule has 2 unspecified atom stereocenters. The van der Waals surface area contributed by atoms with Crippen molar-refractivity contribution in [1.82, 2.24) is 30.1 Å². The second-order valence-corrected chi connectivity index (χ2v) is 5.53. The van der Waals surface area contributed by atoms with Crippen molar-refractivity contribution in [3.05, 3.63) is 11.9 Å². The molecular weight excluding hydrogens is 240 g/mol. The van der Waals surface area contributed by atoms with Gasteiger partial charge < -0.3 is 15.1 Å². The predicted molar refractivity (Wildman–Crippen MR) is 76.0 cm³/mol. The average molecular weight is 266 g/mol. The van der Waals surface area contributed by atoms with E-state index >= 15 is 0 Å². The maximum Gasteiger partial charge on any atom is 0.0753 e. The molecule has 1 aromatic heterocycles. The van der Waals surface area contributed by atoms with Crippen molar-refractivity contribution in [2.45, 2.75) is 25.4 Å². The first-order valence-electron chi connectivity index (χ1n) is 7.08. The van der Waals surface area contributed by atoms with Gasteiger partial charge in [0.1, 0.15) is 0 Å². The molecule has 1 aromatic rings. The van der Waals surface area contributed by atoms with E-state index in [1.807, 2.05) is 17.9 Å². The molecule has 1 fully saturated rings. The molecule has 2 atom stereocenters. The van der Waals surface area contributed by atoms with Crippen LogP contribution >= 0.6 is 0 Å². The molecule has 0 aromatic carbocycles. The largest absolute Gasteiger partial charge is 0.309 e. The predicted octanol–water partition coefficient (Wildman–Crippen LogP) is 0.102. The number of likely N-dealkylation sites (N-methyl/N-ethyl adjacent to an activating group) is 2. The zero-order chi connectivity index (χ0) is 13.8. The van der Waals surface area contributed by atoms with Gasteiger partial charge >= 0.3 is 0 Å². The lowest BCUT2D eigenvalue weighted by molar-refractivity contribution is 0.100. The number of piperazine rings is 1. The van der Waals surface area contributed by atoms with Crippen LogP contribution in [0.1, 0.15) is 25.1 Å². The zero-order valence-corrected chi connectivity index (χ0v) is 12.5. The van der Waals surface area contributed by atoms with E-state index in [-0.39, 0.29) is 0 Å². The van der Waals surface area contributed by atoms with E-state index in [1.54, 1.807) is 0 Å². The Hall–Kier alpha value is -0.980. The molecule has 2 heterocycles. The fraction of sp³-hybridized carbons (Fsp3) is 0.846. The number of aryl methyl sites for hydroxylation is 1. The second kappa shape index (κ2) is 6.45. The number of rotatable bonds is 5. The molecule has 6 nitrogen and oxygen atoms in total. The SMILES string of the molecule is CCNC(CC1CN(C)CCN1C)c1cnnn1C. The first-order chi connectivity index (χ1) is 9.11. The molecule has 1 aliphatic rings. The normalized spacial score (nSPS) is 23.7. The summed E-state index contributed by atoms with van der Waals surface area (Å²) in [6, 6.07) is 0.904.